The Hall–Kier alpha value is -2.19. The zero-order chi connectivity index (χ0) is 18.4. The van der Waals surface area contributed by atoms with Crippen molar-refractivity contribution in [1.82, 2.24) is 25.5 Å². The van der Waals surface area contributed by atoms with Crippen molar-refractivity contribution in [1.29, 1.82) is 0 Å². The van der Waals surface area contributed by atoms with Crippen molar-refractivity contribution in [2.75, 3.05) is 5.75 Å². The molecule has 0 bridgehead atoms. The number of nitrogens with zero attached hydrogens (tertiary/aromatic N) is 4. The molecule has 1 amide bonds. The molecule has 136 valence electrons. The van der Waals surface area contributed by atoms with Crippen molar-refractivity contribution in [3.8, 4) is 0 Å². The molecule has 0 fully saturated rings. The van der Waals surface area contributed by atoms with Gasteiger partial charge in [0.25, 0.3) is 0 Å². The van der Waals surface area contributed by atoms with Crippen molar-refractivity contribution in [2.24, 2.45) is 0 Å². The second kappa shape index (κ2) is 8.95. The van der Waals surface area contributed by atoms with E-state index in [0.29, 0.717) is 12.2 Å². The molecule has 2 aromatic heterocycles. The van der Waals surface area contributed by atoms with Gasteiger partial charge in [-0.1, -0.05) is 48.2 Å². The van der Waals surface area contributed by atoms with E-state index in [4.69, 9.17) is 0 Å². The molecule has 0 aliphatic heterocycles. The van der Waals surface area contributed by atoms with E-state index in [2.05, 4.69) is 20.8 Å². The van der Waals surface area contributed by atoms with Crippen molar-refractivity contribution >= 4 is 29.0 Å². The Morgan fingerprint density at radius 1 is 1.23 bits per heavy atom. The minimum atomic E-state index is -0.116. The third kappa shape index (κ3) is 4.70. The van der Waals surface area contributed by atoms with Crippen molar-refractivity contribution < 1.29 is 4.79 Å². The van der Waals surface area contributed by atoms with E-state index in [1.807, 2.05) is 61.7 Å². The fourth-order valence-corrected chi connectivity index (χ4v) is 4.24. The van der Waals surface area contributed by atoms with E-state index in [1.54, 1.807) is 16.0 Å². The number of carbonyl (C=O) groups excluding carboxylic acids is 1. The molecule has 0 saturated heterocycles. The van der Waals surface area contributed by atoms with E-state index < -0.39 is 0 Å². The molecule has 1 N–H and O–H groups in total. The molecular formula is C18H21N5OS2. The van der Waals surface area contributed by atoms with Gasteiger partial charge in [0.15, 0.2) is 0 Å². The second-order valence-electron chi connectivity index (χ2n) is 6.02. The number of thioether (sulfide) groups is 1. The molecule has 0 radical (unpaired) electrons. The molecule has 0 aliphatic rings. The van der Waals surface area contributed by atoms with E-state index >= 15 is 0 Å². The topological polar surface area (TPSA) is 72.7 Å². The van der Waals surface area contributed by atoms with Crippen LogP contribution in [0.5, 0.6) is 0 Å². The molecular weight excluding hydrogens is 366 g/mol. The summed E-state index contributed by atoms with van der Waals surface area (Å²) >= 11 is 3.14. The van der Waals surface area contributed by atoms with Crippen LogP contribution in [0.3, 0.4) is 0 Å². The number of thiophene rings is 1. The summed E-state index contributed by atoms with van der Waals surface area (Å²) in [4.78, 5) is 13.6. The Bertz CT molecular complexity index is 817. The van der Waals surface area contributed by atoms with Crippen LogP contribution in [0.25, 0.3) is 0 Å². The highest BCUT2D eigenvalue weighted by atomic mass is 32.2. The van der Waals surface area contributed by atoms with E-state index in [0.717, 1.165) is 15.6 Å². The largest absolute Gasteiger partial charge is 0.344 e. The van der Waals surface area contributed by atoms with Crippen molar-refractivity contribution in [2.45, 2.75) is 37.5 Å². The molecule has 1 atom stereocenters. The highest BCUT2D eigenvalue weighted by molar-refractivity contribution is 7.99. The highest BCUT2D eigenvalue weighted by Crippen LogP contribution is 2.26. The lowest BCUT2D eigenvalue weighted by atomic mass is 10.1. The molecule has 26 heavy (non-hydrogen) atoms. The Labute approximate surface area is 161 Å². The standard InChI is InChI=1S/C18H21N5OS2/c1-13(2)23-18(20-21-22-23)26-12-10-16(24)19-17(15-9-6-11-25-15)14-7-4-3-5-8-14/h3-9,11,13,17H,10,12H2,1-2H3,(H,19,24)/t17-/m1/s1. The van der Waals surface area contributed by atoms with Crippen LogP contribution in [0, 0.1) is 0 Å². The summed E-state index contributed by atoms with van der Waals surface area (Å²) < 4.78 is 1.76. The molecule has 2 heterocycles. The Morgan fingerprint density at radius 3 is 2.73 bits per heavy atom. The molecule has 0 aliphatic carbocycles. The lowest BCUT2D eigenvalue weighted by Crippen LogP contribution is -2.29. The summed E-state index contributed by atoms with van der Waals surface area (Å²) in [7, 11) is 0. The van der Waals surface area contributed by atoms with Gasteiger partial charge in [-0.25, -0.2) is 4.68 Å². The first-order chi connectivity index (χ1) is 12.6. The summed E-state index contributed by atoms with van der Waals surface area (Å²) in [6.45, 7) is 4.05. The SMILES string of the molecule is CC(C)n1nnnc1SCCC(=O)N[C@H](c1ccccc1)c1cccs1. The van der Waals surface area contributed by atoms with Crippen LogP contribution < -0.4 is 5.32 Å². The summed E-state index contributed by atoms with van der Waals surface area (Å²) in [6.07, 6.45) is 0.407. The zero-order valence-electron chi connectivity index (χ0n) is 14.7. The van der Waals surface area contributed by atoms with Gasteiger partial charge >= 0.3 is 0 Å². The minimum absolute atomic E-state index is 0.0170. The summed E-state index contributed by atoms with van der Waals surface area (Å²) in [5, 5.41) is 17.6. The van der Waals surface area contributed by atoms with Crippen LogP contribution in [0.4, 0.5) is 0 Å². The quantitative estimate of drug-likeness (QED) is 0.597. The third-order valence-electron chi connectivity index (χ3n) is 3.78. The van der Waals surface area contributed by atoms with Gasteiger partial charge in [0, 0.05) is 17.1 Å². The summed E-state index contributed by atoms with van der Waals surface area (Å²) in [5.41, 5.74) is 1.08. The maximum atomic E-state index is 12.5. The molecule has 0 unspecified atom stereocenters. The van der Waals surface area contributed by atoms with E-state index in [-0.39, 0.29) is 18.0 Å². The van der Waals surface area contributed by atoms with E-state index in [1.165, 1.54) is 11.8 Å². The van der Waals surface area contributed by atoms with Gasteiger partial charge in [-0.2, -0.15) is 0 Å². The van der Waals surface area contributed by atoms with Gasteiger partial charge in [-0.15, -0.1) is 16.4 Å². The first-order valence-electron chi connectivity index (χ1n) is 8.43. The normalized spacial score (nSPS) is 12.3. The maximum absolute atomic E-state index is 12.5. The average molecular weight is 388 g/mol. The second-order valence-corrected chi connectivity index (χ2v) is 8.07. The molecule has 0 saturated carbocycles. The van der Waals surface area contributed by atoms with Crippen LogP contribution in [-0.2, 0) is 4.79 Å². The molecule has 8 heteroatoms. The van der Waals surface area contributed by atoms with Crippen molar-refractivity contribution in [3.63, 3.8) is 0 Å². The fourth-order valence-electron chi connectivity index (χ4n) is 2.49. The van der Waals surface area contributed by atoms with Gasteiger partial charge in [0.1, 0.15) is 0 Å². The first kappa shape index (κ1) is 18.6. The average Bonchev–Trinajstić information content (AvgIpc) is 3.32. The molecule has 0 spiro atoms. The van der Waals surface area contributed by atoms with Gasteiger partial charge in [-0.3, -0.25) is 4.79 Å². The number of rotatable bonds is 8. The summed E-state index contributed by atoms with van der Waals surface area (Å²) in [5.74, 6) is 0.647. The smallest absolute Gasteiger partial charge is 0.221 e. The van der Waals surface area contributed by atoms with Crippen molar-refractivity contribution in [3.05, 3.63) is 58.3 Å². The number of hydrogen-bond donors (Lipinski definition) is 1. The first-order valence-corrected chi connectivity index (χ1v) is 10.3. The van der Waals surface area contributed by atoms with Crippen LogP contribution in [0.2, 0.25) is 0 Å². The Morgan fingerprint density at radius 2 is 2.04 bits per heavy atom. The zero-order valence-corrected chi connectivity index (χ0v) is 16.3. The monoisotopic (exact) mass is 387 g/mol. The van der Waals surface area contributed by atoms with Gasteiger partial charge < -0.3 is 5.32 Å². The highest BCUT2D eigenvalue weighted by Gasteiger charge is 2.18. The number of hydrogen-bond acceptors (Lipinski definition) is 6. The molecule has 3 rings (SSSR count). The molecule has 3 aromatic rings. The summed E-state index contributed by atoms with van der Waals surface area (Å²) in [6, 6.07) is 14.2. The lowest BCUT2D eigenvalue weighted by molar-refractivity contribution is -0.121. The predicted molar refractivity (Wildman–Crippen MR) is 104 cm³/mol. The number of nitrogens with one attached hydrogen (secondary N) is 1. The number of benzene rings is 1. The van der Waals surface area contributed by atoms with Crippen LogP contribution >= 0.6 is 23.1 Å². The minimum Gasteiger partial charge on any atom is -0.344 e. The van der Waals surface area contributed by atoms with E-state index in [9.17, 15) is 4.79 Å². The van der Waals surface area contributed by atoms with Gasteiger partial charge in [-0.05, 0) is 41.3 Å². The number of carbonyl (C=O) groups is 1. The van der Waals surface area contributed by atoms with Crippen LogP contribution in [-0.4, -0.2) is 31.9 Å². The van der Waals surface area contributed by atoms with Gasteiger partial charge in [0.2, 0.25) is 11.1 Å². The predicted octanol–water partition coefficient (Wildman–Crippen LogP) is 3.70. The Kier molecular flexibility index (Phi) is 6.40. The maximum Gasteiger partial charge on any atom is 0.221 e. The van der Waals surface area contributed by atoms with Crippen LogP contribution in [0.1, 0.15) is 42.8 Å². The number of aromatic nitrogens is 4. The molecule has 1 aromatic carbocycles. The number of tetrazole rings is 1. The lowest BCUT2D eigenvalue weighted by Gasteiger charge is -2.18. The molecule has 6 nitrogen and oxygen atoms in total. The third-order valence-corrected chi connectivity index (χ3v) is 5.65. The fraction of sp³-hybridized carbons (Fsp3) is 0.333. The number of amides is 1. The Balaban J connectivity index is 1.59. The van der Waals surface area contributed by atoms with Gasteiger partial charge in [0.05, 0.1) is 12.1 Å². The van der Waals surface area contributed by atoms with Crippen LogP contribution in [0.15, 0.2) is 53.0 Å².